The highest BCUT2D eigenvalue weighted by molar-refractivity contribution is 5.58. The van der Waals surface area contributed by atoms with Gasteiger partial charge in [-0.3, -0.25) is 0 Å². The van der Waals surface area contributed by atoms with Gasteiger partial charge >= 0.3 is 0 Å². The second-order valence-electron chi connectivity index (χ2n) is 4.85. The van der Waals surface area contributed by atoms with Crippen molar-refractivity contribution in [2.24, 2.45) is 0 Å². The molecule has 0 amide bonds. The Morgan fingerprint density at radius 3 is 2.50 bits per heavy atom. The van der Waals surface area contributed by atoms with E-state index in [4.69, 9.17) is 4.74 Å². The maximum Gasteiger partial charge on any atom is 0.119 e. The highest BCUT2D eigenvalue weighted by atomic mass is 16.5. The maximum atomic E-state index is 5.73. The molecule has 1 aromatic carbocycles. The molecule has 0 unspecified atom stereocenters. The summed E-state index contributed by atoms with van der Waals surface area (Å²) in [5.74, 6) is 0.924. The van der Waals surface area contributed by atoms with Crippen molar-refractivity contribution < 1.29 is 4.74 Å². The highest BCUT2D eigenvalue weighted by Crippen LogP contribution is 2.20. The van der Waals surface area contributed by atoms with Crippen molar-refractivity contribution in [2.75, 3.05) is 6.61 Å². The van der Waals surface area contributed by atoms with Gasteiger partial charge in [-0.1, -0.05) is 26.2 Å². The number of unbranched alkanes of at least 4 members (excludes halogenated alkanes) is 3. The Balaban J connectivity index is 1.86. The number of rotatable bonds is 8. The Morgan fingerprint density at radius 1 is 1.05 bits per heavy atom. The summed E-state index contributed by atoms with van der Waals surface area (Å²) in [6.07, 6.45) is 6.71. The summed E-state index contributed by atoms with van der Waals surface area (Å²) in [5.41, 5.74) is 1.98. The summed E-state index contributed by atoms with van der Waals surface area (Å²) in [5, 5.41) is 8.58. The summed E-state index contributed by atoms with van der Waals surface area (Å²) in [6.45, 7) is 5.83. The molecule has 0 atom stereocenters. The number of aromatic nitrogens is 3. The van der Waals surface area contributed by atoms with Gasteiger partial charge in [0.2, 0.25) is 0 Å². The molecule has 0 saturated heterocycles. The topological polar surface area (TPSA) is 39.9 Å². The second-order valence-corrected chi connectivity index (χ2v) is 4.85. The SMILES string of the molecule is CCCCCCOc1ccc(-c2cnn(CC)n2)cc1. The molecule has 0 N–H and O–H groups in total. The maximum absolute atomic E-state index is 5.73. The summed E-state index contributed by atoms with van der Waals surface area (Å²) in [4.78, 5) is 1.69. The van der Waals surface area contributed by atoms with Crippen molar-refractivity contribution in [3.63, 3.8) is 0 Å². The first-order valence-electron chi connectivity index (χ1n) is 7.47. The Hall–Kier alpha value is -1.84. The van der Waals surface area contributed by atoms with Crippen LogP contribution in [0.5, 0.6) is 5.75 Å². The molecule has 20 heavy (non-hydrogen) atoms. The van der Waals surface area contributed by atoms with Crippen molar-refractivity contribution in [1.29, 1.82) is 0 Å². The molecular formula is C16H23N3O. The van der Waals surface area contributed by atoms with Crippen LogP contribution in [0.15, 0.2) is 30.5 Å². The minimum Gasteiger partial charge on any atom is -0.494 e. The monoisotopic (exact) mass is 273 g/mol. The van der Waals surface area contributed by atoms with Crippen LogP contribution in [0.2, 0.25) is 0 Å². The molecule has 0 aliphatic heterocycles. The van der Waals surface area contributed by atoms with Crippen LogP contribution in [0.3, 0.4) is 0 Å². The Labute approximate surface area is 120 Å². The minimum atomic E-state index is 0.791. The second kappa shape index (κ2) is 7.68. The van der Waals surface area contributed by atoms with E-state index < -0.39 is 0 Å². The number of benzene rings is 1. The van der Waals surface area contributed by atoms with E-state index in [9.17, 15) is 0 Å². The number of ether oxygens (including phenoxy) is 1. The van der Waals surface area contributed by atoms with E-state index in [0.717, 1.165) is 36.6 Å². The summed E-state index contributed by atoms with van der Waals surface area (Å²) >= 11 is 0. The molecule has 0 aliphatic rings. The molecule has 0 bridgehead atoms. The third-order valence-electron chi connectivity index (χ3n) is 3.24. The largest absolute Gasteiger partial charge is 0.494 e. The van der Waals surface area contributed by atoms with Gasteiger partial charge in [-0.2, -0.15) is 15.0 Å². The van der Waals surface area contributed by atoms with Crippen LogP contribution < -0.4 is 4.74 Å². The first-order valence-corrected chi connectivity index (χ1v) is 7.47. The van der Waals surface area contributed by atoms with Crippen LogP contribution >= 0.6 is 0 Å². The minimum absolute atomic E-state index is 0.791. The van der Waals surface area contributed by atoms with Crippen molar-refractivity contribution in [1.82, 2.24) is 15.0 Å². The lowest BCUT2D eigenvalue weighted by Crippen LogP contribution is -1.98. The zero-order valence-corrected chi connectivity index (χ0v) is 12.4. The highest BCUT2D eigenvalue weighted by Gasteiger charge is 2.03. The molecule has 1 aromatic heterocycles. The zero-order chi connectivity index (χ0) is 14.2. The summed E-state index contributed by atoms with van der Waals surface area (Å²) < 4.78 is 5.73. The van der Waals surface area contributed by atoms with Gasteiger partial charge in [-0.05, 0) is 37.6 Å². The average molecular weight is 273 g/mol. The normalized spacial score (nSPS) is 10.7. The molecule has 4 heteroatoms. The molecule has 0 aliphatic carbocycles. The van der Waals surface area contributed by atoms with Crippen LogP contribution in [-0.2, 0) is 6.54 Å². The van der Waals surface area contributed by atoms with Crippen LogP contribution in [0, 0.1) is 0 Å². The van der Waals surface area contributed by atoms with E-state index in [2.05, 4.69) is 17.1 Å². The van der Waals surface area contributed by atoms with Crippen molar-refractivity contribution in [2.45, 2.75) is 46.1 Å². The van der Waals surface area contributed by atoms with E-state index in [1.807, 2.05) is 31.2 Å². The van der Waals surface area contributed by atoms with Crippen molar-refractivity contribution >= 4 is 0 Å². The average Bonchev–Trinajstić information content (AvgIpc) is 2.97. The summed E-state index contributed by atoms with van der Waals surface area (Å²) in [7, 11) is 0. The molecule has 2 rings (SSSR count). The molecule has 2 aromatic rings. The fourth-order valence-corrected chi connectivity index (χ4v) is 2.02. The van der Waals surface area contributed by atoms with E-state index in [-0.39, 0.29) is 0 Å². The Bertz CT molecular complexity index is 505. The lowest BCUT2D eigenvalue weighted by Gasteiger charge is -2.06. The molecule has 0 fully saturated rings. The first kappa shape index (κ1) is 14.6. The Morgan fingerprint density at radius 2 is 1.85 bits per heavy atom. The zero-order valence-electron chi connectivity index (χ0n) is 12.4. The molecule has 108 valence electrons. The van der Waals surface area contributed by atoms with Gasteiger partial charge in [0.25, 0.3) is 0 Å². The molecule has 0 saturated carbocycles. The van der Waals surface area contributed by atoms with Gasteiger partial charge in [0.1, 0.15) is 11.4 Å². The number of nitrogens with zero attached hydrogens (tertiary/aromatic N) is 3. The van der Waals surface area contributed by atoms with Crippen LogP contribution in [0.25, 0.3) is 11.3 Å². The summed E-state index contributed by atoms with van der Waals surface area (Å²) in [6, 6.07) is 8.07. The fraction of sp³-hybridized carbons (Fsp3) is 0.500. The molecule has 1 heterocycles. The fourth-order valence-electron chi connectivity index (χ4n) is 2.02. The number of aryl methyl sites for hydroxylation is 1. The third kappa shape index (κ3) is 4.08. The van der Waals surface area contributed by atoms with E-state index in [0.29, 0.717) is 0 Å². The molecule has 0 spiro atoms. The van der Waals surface area contributed by atoms with Gasteiger partial charge in [0.15, 0.2) is 0 Å². The van der Waals surface area contributed by atoms with E-state index >= 15 is 0 Å². The quantitative estimate of drug-likeness (QED) is 0.684. The lowest BCUT2D eigenvalue weighted by atomic mass is 10.1. The van der Waals surface area contributed by atoms with Crippen LogP contribution in [0.1, 0.15) is 39.5 Å². The van der Waals surface area contributed by atoms with E-state index in [1.165, 1.54) is 19.3 Å². The van der Waals surface area contributed by atoms with Crippen LogP contribution in [0.4, 0.5) is 0 Å². The van der Waals surface area contributed by atoms with Crippen molar-refractivity contribution in [3.8, 4) is 17.0 Å². The number of hydrogen-bond acceptors (Lipinski definition) is 3. The van der Waals surface area contributed by atoms with E-state index in [1.54, 1.807) is 11.0 Å². The first-order chi connectivity index (χ1) is 9.83. The van der Waals surface area contributed by atoms with Gasteiger partial charge in [-0.15, -0.1) is 0 Å². The van der Waals surface area contributed by atoms with Crippen LogP contribution in [-0.4, -0.2) is 21.6 Å². The molecule has 0 radical (unpaired) electrons. The lowest BCUT2D eigenvalue weighted by molar-refractivity contribution is 0.305. The predicted octanol–water partition coefficient (Wildman–Crippen LogP) is 3.92. The van der Waals surface area contributed by atoms with Gasteiger partial charge in [-0.25, -0.2) is 0 Å². The third-order valence-corrected chi connectivity index (χ3v) is 3.24. The van der Waals surface area contributed by atoms with Gasteiger partial charge < -0.3 is 4.74 Å². The Kier molecular flexibility index (Phi) is 5.59. The predicted molar refractivity (Wildman–Crippen MR) is 80.8 cm³/mol. The van der Waals surface area contributed by atoms with Crippen molar-refractivity contribution in [3.05, 3.63) is 30.5 Å². The molecular weight excluding hydrogens is 250 g/mol. The van der Waals surface area contributed by atoms with Gasteiger partial charge in [0.05, 0.1) is 19.3 Å². The number of hydrogen-bond donors (Lipinski definition) is 0. The smallest absolute Gasteiger partial charge is 0.119 e. The van der Waals surface area contributed by atoms with Gasteiger partial charge in [0, 0.05) is 5.56 Å². The molecule has 4 nitrogen and oxygen atoms in total. The standard InChI is InChI=1S/C16H23N3O/c1-3-5-6-7-12-20-15-10-8-14(9-11-15)16-13-17-19(4-2)18-16/h8-11,13H,3-7,12H2,1-2H3.